The van der Waals surface area contributed by atoms with Crippen molar-refractivity contribution in [2.24, 2.45) is 0 Å². The molecule has 53 heavy (non-hydrogen) atoms. The van der Waals surface area contributed by atoms with Gasteiger partial charge in [0.1, 0.15) is 13.1 Å². The molecule has 0 aliphatic rings. The van der Waals surface area contributed by atoms with E-state index in [1.807, 2.05) is 126 Å². The van der Waals surface area contributed by atoms with Gasteiger partial charge in [0, 0.05) is 35.6 Å². The van der Waals surface area contributed by atoms with E-state index < -0.39 is 0 Å². The molecule has 8 heteroatoms. The molecule has 0 unspecified atom stereocenters. The number of carbonyl (C=O) groups is 4. The topological polar surface area (TPSA) is 98.8 Å². The Bertz CT molecular complexity index is 1790. The summed E-state index contributed by atoms with van der Waals surface area (Å²) >= 11 is 0. The monoisotopic (exact) mass is 712 g/mol. The van der Waals surface area contributed by atoms with Gasteiger partial charge < -0.3 is 20.4 Å². The molecule has 0 fully saturated rings. The van der Waals surface area contributed by atoms with Gasteiger partial charge in [0.25, 0.3) is 11.8 Å². The fourth-order valence-electron chi connectivity index (χ4n) is 5.25. The molecule has 0 aliphatic carbocycles. The van der Waals surface area contributed by atoms with Crippen LogP contribution >= 0.6 is 0 Å². The Balaban J connectivity index is 0.00000339. The number of hydrogen-bond donors (Lipinski definition) is 2. The SMILES string of the molecule is C#C.C#C.C=C/C(C(=O)N(CCC)CC(=O)Nc1ccc(/C=C/c2ccc(NC(=O)CN(CCC)C(=O)c3ccccc3C)cc2)cc1)=C(C)\C=C/C. The number of allylic oxidation sites excluding steroid dienone is 3. The summed E-state index contributed by atoms with van der Waals surface area (Å²) < 4.78 is 0. The average Bonchev–Trinajstić information content (AvgIpc) is 3.16. The number of terminal acetylenes is 2. The van der Waals surface area contributed by atoms with Crippen LogP contribution in [-0.4, -0.2) is 59.6 Å². The summed E-state index contributed by atoms with van der Waals surface area (Å²) in [6, 6.07) is 22.3. The number of amides is 4. The molecule has 0 aliphatic heterocycles. The Morgan fingerprint density at radius 2 is 1.17 bits per heavy atom. The third kappa shape index (κ3) is 14.8. The lowest BCUT2D eigenvalue weighted by molar-refractivity contribution is -0.131. The fraction of sp³-hybridized carbons (Fsp3) is 0.244. The standard InChI is InChI=1S/C41H48N4O4.2C2H2/c1-7-13-30(5)36(10-4)40(48)44(26-8-2)28-38(46)42-34-22-18-32(19-23-34)16-17-33-20-24-35(25-21-33)43-39(47)29-45(27-9-3)41(49)37-15-12-11-14-31(37)6;2*1-2/h7,10-25H,4,8-9,26-29H2,1-3,5-6H3,(H,42,46)(H,43,47);2*1-2H/b13-7-,17-16+,36-30+;;. The molecule has 2 N–H and O–H groups in total. The lowest BCUT2D eigenvalue weighted by atomic mass is 10.1. The second-order valence-corrected chi connectivity index (χ2v) is 11.7. The maximum Gasteiger partial charge on any atom is 0.254 e. The highest BCUT2D eigenvalue weighted by Gasteiger charge is 2.21. The lowest BCUT2D eigenvalue weighted by Crippen LogP contribution is -2.39. The Kier molecular flexibility index (Phi) is 20.8. The molecule has 0 heterocycles. The molecule has 3 aromatic carbocycles. The molecule has 0 atom stereocenters. The van der Waals surface area contributed by atoms with E-state index in [1.165, 1.54) is 6.08 Å². The van der Waals surface area contributed by atoms with Crippen LogP contribution in [0.1, 0.15) is 67.6 Å². The van der Waals surface area contributed by atoms with Crippen LogP contribution in [0.5, 0.6) is 0 Å². The Labute approximate surface area is 316 Å². The van der Waals surface area contributed by atoms with Crippen LogP contribution in [-0.2, 0) is 14.4 Å². The molecule has 0 bridgehead atoms. The summed E-state index contributed by atoms with van der Waals surface area (Å²) in [7, 11) is 0. The van der Waals surface area contributed by atoms with Crippen LogP contribution in [0.25, 0.3) is 12.2 Å². The van der Waals surface area contributed by atoms with Crippen molar-refractivity contribution in [3.05, 3.63) is 131 Å². The van der Waals surface area contributed by atoms with E-state index >= 15 is 0 Å². The van der Waals surface area contributed by atoms with E-state index in [9.17, 15) is 19.2 Å². The van der Waals surface area contributed by atoms with Crippen molar-refractivity contribution < 1.29 is 19.2 Å². The minimum absolute atomic E-state index is 0.0294. The number of benzene rings is 3. The highest BCUT2D eigenvalue weighted by molar-refractivity contribution is 6.01. The summed E-state index contributed by atoms with van der Waals surface area (Å²) in [5.41, 5.74) is 5.92. The highest BCUT2D eigenvalue weighted by Crippen LogP contribution is 2.17. The van der Waals surface area contributed by atoms with Gasteiger partial charge in [0.2, 0.25) is 11.8 Å². The fourth-order valence-corrected chi connectivity index (χ4v) is 5.25. The zero-order chi connectivity index (χ0) is 39.8. The maximum absolute atomic E-state index is 13.1. The van der Waals surface area contributed by atoms with Crippen LogP contribution in [0.15, 0.2) is 109 Å². The summed E-state index contributed by atoms with van der Waals surface area (Å²) in [5.74, 6) is -0.904. The number of carbonyl (C=O) groups excluding carboxylic acids is 4. The van der Waals surface area contributed by atoms with E-state index in [4.69, 9.17) is 0 Å². The molecule has 8 nitrogen and oxygen atoms in total. The first kappa shape index (κ1) is 44.6. The van der Waals surface area contributed by atoms with Crippen LogP contribution in [0.2, 0.25) is 0 Å². The Hall–Kier alpha value is -6.38. The predicted molar refractivity (Wildman–Crippen MR) is 221 cm³/mol. The zero-order valence-corrected chi connectivity index (χ0v) is 31.6. The molecule has 0 saturated heterocycles. The third-order valence-electron chi connectivity index (χ3n) is 7.74. The molecule has 0 radical (unpaired) electrons. The van der Waals surface area contributed by atoms with Gasteiger partial charge in [-0.1, -0.05) is 93.3 Å². The molecule has 3 aromatic rings. The van der Waals surface area contributed by atoms with Crippen LogP contribution in [0.3, 0.4) is 0 Å². The summed E-state index contributed by atoms with van der Waals surface area (Å²) in [6.45, 7) is 14.2. The second-order valence-electron chi connectivity index (χ2n) is 11.7. The lowest BCUT2D eigenvalue weighted by Gasteiger charge is -2.23. The van der Waals surface area contributed by atoms with E-state index in [0.29, 0.717) is 35.6 Å². The van der Waals surface area contributed by atoms with Crippen molar-refractivity contribution in [2.75, 3.05) is 36.8 Å². The van der Waals surface area contributed by atoms with Gasteiger partial charge in [0.05, 0.1) is 0 Å². The van der Waals surface area contributed by atoms with Gasteiger partial charge in [-0.3, -0.25) is 19.2 Å². The molecule has 0 spiro atoms. The van der Waals surface area contributed by atoms with E-state index in [1.54, 1.807) is 15.9 Å². The number of aryl methyl sites for hydroxylation is 1. The second kappa shape index (κ2) is 24.7. The number of anilines is 2. The molecular weight excluding hydrogens is 661 g/mol. The Morgan fingerprint density at radius 1 is 0.717 bits per heavy atom. The van der Waals surface area contributed by atoms with Crippen molar-refractivity contribution >= 4 is 47.2 Å². The first-order chi connectivity index (χ1) is 25.6. The number of nitrogens with zero attached hydrogens (tertiary/aromatic N) is 2. The normalized spacial score (nSPS) is 10.8. The van der Waals surface area contributed by atoms with Gasteiger partial charge in [0.15, 0.2) is 0 Å². The summed E-state index contributed by atoms with van der Waals surface area (Å²) in [6.07, 6.45) is 26.6. The van der Waals surface area contributed by atoms with Gasteiger partial charge in [-0.25, -0.2) is 0 Å². The summed E-state index contributed by atoms with van der Waals surface area (Å²) in [4.78, 5) is 55.1. The molecular formula is C45H52N4O4. The van der Waals surface area contributed by atoms with Crippen molar-refractivity contribution in [3.63, 3.8) is 0 Å². The van der Waals surface area contributed by atoms with Gasteiger partial charge in [-0.15, -0.1) is 25.7 Å². The Morgan fingerprint density at radius 3 is 1.60 bits per heavy atom. The molecule has 0 aromatic heterocycles. The first-order valence-electron chi connectivity index (χ1n) is 17.3. The van der Waals surface area contributed by atoms with Gasteiger partial charge >= 0.3 is 0 Å². The van der Waals surface area contributed by atoms with Crippen LogP contribution in [0, 0.1) is 32.6 Å². The summed E-state index contributed by atoms with van der Waals surface area (Å²) in [5, 5.41) is 5.78. The molecule has 276 valence electrons. The number of rotatable bonds is 16. The van der Waals surface area contributed by atoms with Crippen LogP contribution in [0.4, 0.5) is 11.4 Å². The molecule has 0 saturated carbocycles. The van der Waals surface area contributed by atoms with E-state index in [-0.39, 0.29) is 36.7 Å². The highest BCUT2D eigenvalue weighted by atomic mass is 16.2. The third-order valence-corrected chi connectivity index (χ3v) is 7.74. The molecule has 3 rings (SSSR count). The average molecular weight is 713 g/mol. The van der Waals surface area contributed by atoms with Crippen molar-refractivity contribution in [3.8, 4) is 25.7 Å². The van der Waals surface area contributed by atoms with Crippen molar-refractivity contribution in [1.29, 1.82) is 0 Å². The van der Waals surface area contributed by atoms with E-state index in [0.717, 1.165) is 35.1 Å². The maximum atomic E-state index is 13.1. The zero-order valence-electron chi connectivity index (χ0n) is 31.6. The minimum Gasteiger partial charge on any atom is -0.329 e. The largest absolute Gasteiger partial charge is 0.329 e. The minimum atomic E-state index is -0.277. The first-order valence-corrected chi connectivity index (χ1v) is 17.3. The number of nitrogens with one attached hydrogen (secondary N) is 2. The quantitative estimate of drug-likeness (QED) is 0.0675. The van der Waals surface area contributed by atoms with Crippen molar-refractivity contribution in [1.82, 2.24) is 9.80 Å². The van der Waals surface area contributed by atoms with Gasteiger partial charge in [-0.05, 0) is 86.2 Å². The van der Waals surface area contributed by atoms with Gasteiger partial charge in [-0.2, -0.15) is 0 Å². The number of hydrogen-bond acceptors (Lipinski definition) is 4. The van der Waals surface area contributed by atoms with Crippen molar-refractivity contribution in [2.45, 2.75) is 47.5 Å². The smallest absolute Gasteiger partial charge is 0.254 e. The van der Waals surface area contributed by atoms with E-state index in [2.05, 4.69) is 42.9 Å². The predicted octanol–water partition coefficient (Wildman–Crippen LogP) is 8.41. The van der Waals surface area contributed by atoms with Crippen LogP contribution < -0.4 is 10.6 Å². The molecule has 4 amide bonds.